The Hall–Kier alpha value is -3.25. The van der Waals surface area contributed by atoms with Crippen molar-refractivity contribution in [2.75, 3.05) is 36.4 Å². The summed E-state index contributed by atoms with van der Waals surface area (Å²) in [6.07, 6.45) is 3.20. The maximum atomic E-state index is 12.4. The van der Waals surface area contributed by atoms with E-state index in [0.29, 0.717) is 11.5 Å². The number of anilines is 2. The van der Waals surface area contributed by atoms with Crippen molar-refractivity contribution < 1.29 is 4.79 Å². The van der Waals surface area contributed by atoms with Gasteiger partial charge in [0.1, 0.15) is 0 Å². The van der Waals surface area contributed by atoms with Crippen molar-refractivity contribution in [3.63, 3.8) is 0 Å². The van der Waals surface area contributed by atoms with E-state index in [0.717, 1.165) is 44.0 Å². The number of hydrogen-bond donors (Lipinski definition) is 1. The van der Waals surface area contributed by atoms with Crippen LogP contribution >= 0.6 is 0 Å². The number of nitrogens with zero attached hydrogens (tertiary/aromatic N) is 4. The zero-order chi connectivity index (χ0) is 20.1. The Balaban J connectivity index is 1.32. The van der Waals surface area contributed by atoms with E-state index in [4.69, 9.17) is 0 Å². The summed E-state index contributed by atoms with van der Waals surface area (Å²) in [6, 6.07) is 18.2. The number of carbonyl (C=O) groups excluding carboxylic acids is 1. The molecule has 2 heterocycles. The van der Waals surface area contributed by atoms with Crippen molar-refractivity contribution in [1.29, 1.82) is 0 Å². The zero-order valence-corrected chi connectivity index (χ0v) is 16.6. The number of carbonyl (C=O) groups is 1. The van der Waals surface area contributed by atoms with Crippen LogP contribution in [0.5, 0.6) is 0 Å². The molecule has 6 nitrogen and oxygen atoms in total. The molecule has 0 unspecified atom stereocenters. The van der Waals surface area contributed by atoms with Gasteiger partial charge in [0.2, 0.25) is 5.95 Å². The van der Waals surface area contributed by atoms with Gasteiger partial charge in [-0.1, -0.05) is 42.5 Å². The highest BCUT2D eigenvalue weighted by molar-refractivity contribution is 6.03. The monoisotopic (exact) mass is 387 g/mol. The normalized spacial score (nSPS) is 14.6. The molecule has 1 N–H and O–H groups in total. The fraction of sp³-hybridized carbons (Fsp3) is 0.261. The first-order valence-corrected chi connectivity index (χ1v) is 9.89. The van der Waals surface area contributed by atoms with E-state index in [1.54, 1.807) is 12.4 Å². The first-order chi connectivity index (χ1) is 14.2. The average Bonchev–Trinajstić information content (AvgIpc) is 2.75. The second kappa shape index (κ2) is 8.84. The lowest BCUT2D eigenvalue weighted by atomic mass is 10.2. The Kier molecular flexibility index (Phi) is 5.81. The predicted octanol–water partition coefficient (Wildman–Crippen LogP) is 3.36. The molecule has 1 aromatic heterocycles. The first kappa shape index (κ1) is 19.1. The summed E-state index contributed by atoms with van der Waals surface area (Å²) < 4.78 is 0. The van der Waals surface area contributed by atoms with Crippen LogP contribution in [0.3, 0.4) is 0 Å². The van der Waals surface area contributed by atoms with Gasteiger partial charge in [0.15, 0.2) is 0 Å². The summed E-state index contributed by atoms with van der Waals surface area (Å²) in [7, 11) is 0. The van der Waals surface area contributed by atoms with Gasteiger partial charge >= 0.3 is 0 Å². The van der Waals surface area contributed by atoms with Crippen LogP contribution in [-0.4, -0.2) is 47.0 Å². The third kappa shape index (κ3) is 4.97. The topological polar surface area (TPSA) is 61.4 Å². The molecule has 1 aliphatic rings. The van der Waals surface area contributed by atoms with Crippen LogP contribution in [0.25, 0.3) is 0 Å². The third-order valence-electron chi connectivity index (χ3n) is 5.08. The van der Waals surface area contributed by atoms with E-state index in [1.165, 1.54) is 5.56 Å². The molecule has 148 valence electrons. The van der Waals surface area contributed by atoms with Crippen LogP contribution in [0, 0.1) is 6.92 Å². The Morgan fingerprint density at radius 3 is 2.38 bits per heavy atom. The van der Waals surface area contributed by atoms with Gasteiger partial charge in [-0.2, -0.15) is 0 Å². The van der Waals surface area contributed by atoms with Crippen molar-refractivity contribution in [2.24, 2.45) is 0 Å². The second-order valence-electron chi connectivity index (χ2n) is 7.34. The largest absolute Gasteiger partial charge is 0.338 e. The molecule has 6 heteroatoms. The average molecular weight is 387 g/mol. The number of hydrogen-bond acceptors (Lipinski definition) is 5. The van der Waals surface area contributed by atoms with Crippen LogP contribution in [0.1, 0.15) is 21.5 Å². The predicted molar refractivity (Wildman–Crippen MR) is 115 cm³/mol. The summed E-state index contributed by atoms with van der Waals surface area (Å²) in [4.78, 5) is 25.9. The lowest BCUT2D eigenvalue weighted by molar-refractivity contribution is 0.102. The molecule has 0 bridgehead atoms. The van der Waals surface area contributed by atoms with E-state index in [9.17, 15) is 4.79 Å². The molecule has 0 saturated carbocycles. The minimum atomic E-state index is -0.199. The van der Waals surface area contributed by atoms with E-state index >= 15 is 0 Å². The Morgan fingerprint density at radius 1 is 0.966 bits per heavy atom. The number of benzene rings is 2. The fourth-order valence-corrected chi connectivity index (χ4v) is 3.48. The van der Waals surface area contributed by atoms with Gasteiger partial charge in [-0.3, -0.25) is 9.69 Å². The molecule has 1 saturated heterocycles. The van der Waals surface area contributed by atoms with Gasteiger partial charge in [0, 0.05) is 50.8 Å². The van der Waals surface area contributed by atoms with Gasteiger partial charge in [0.25, 0.3) is 5.91 Å². The molecule has 4 rings (SSSR count). The highest BCUT2D eigenvalue weighted by Gasteiger charge is 2.19. The van der Waals surface area contributed by atoms with Crippen LogP contribution in [0.2, 0.25) is 0 Å². The first-order valence-electron chi connectivity index (χ1n) is 9.89. The van der Waals surface area contributed by atoms with Crippen LogP contribution in [-0.2, 0) is 6.54 Å². The van der Waals surface area contributed by atoms with Gasteiger partial charge in [-0.05, 0) is 30.2 Å². The lowest BCUT2D eigenvalue weighted by Crippen LogP contribution is -2.46. The van der Waals surface area contributed by atoms with E-state index in [-0.39, 0.29) is 5.91 Å². The maximum absolute atomic E-state index is 12.4. The maximum Gasteiger partial charge on any atom is 0.258 e. The lowest BCUT2D eigenvalue weighted by Gasteiger charge is -2.34. The highest BCUT2D eigenvalue weighted by Crippen LogP contribution is 2.15. The van der Waals surface area contributed by atoms with Gasteiger partial charge in [-0.15, -0.1) is 0 Å². The van der Waals surface area contributed by atoms with Crippen LogP contribution in [0.15, 0.2) is 67.0 Å². The summed E-state index contributed by atoms with van der Waals surface area (Å²) in [5, 5.41) is 2.89. The summed E-state index contributed by atoms with van der Waals surface area (Å²) in [5.74, 6) is 0.478. The Labute approximate surface area is 171 Å². The number of aromatic nitrogens is 2. The standard InChI is InChI=1S/C23H25N5O/c1-18-6-5-9-21(14-18)26-22(29)20-15-24-23(25-16-20)28-12-10-27(11-13-28)17-19-7-3-2-4-8-19/h2-9,14-16H,10-13,17H2,1H3,(H,26,29). The fourth-order valence-electron chi connectivity index (χ4n) is 3.48. The van der Waals surface area contributed by atoms with Crippen molar-refractivity contribution in [3.05, 3.63) is 83.7 Å². The van der Waals surface area contributed by atoms with Crippen molar-refractivity contribution >= 4 is 17.5 Å². The summed E-state index contributed by atoms with van der Waals surface area (Å²) in [6.45, 7) is 6.64. The number of nitrogens with one attached hydrogen (secondary N) is 1. The van der Waals surface area contributed by atoms with E-state index in [2.05, 4.69) is 49.4 Å². The number of piperazine rings is 1. The van der Waals surface area contributed by atoms with Crippen molar-refractivity contribution in [2.45, 2.75) is 13.5 Å². The minimum absolute atomic E-state index is 0.199. The SMILES string of the molecule is Cc1cccc(NC(=O)c2cnc(N3CCN(Cc4ccccc4)CC3)nc2)c1. The summed E-state index contributed by atoms with van der Waals surface area (Å²) >= 11 is 0. The van der Waals surface area contributed by atoms with Crippen LogP contribution in [0.4, 0.5) is 11.6 Å². The van der Waals surface area contributed by atoms with Gasteiger partial charge in [0.05, 0.1) is 5.56 Å². The molecule has 0 radical (unpaired) electrons. The van der Waals surface area contributed by atoms with Gasteiger partial charge < -0.3 is 10.2 Å². The quantitative estimate of drug-likeness (QED) is 0.727. The Morgan fingerprint density at radius 2 is 1.69 bits per heavy atom. The molecule has 1 fully saturated rings. The number of rotatable bonds is 5. The number of aryl methyl sites for hydroxylation is 1. The van der Waals surface area contributed by atoms with Crippen LogP contribution < -0.4 is 10.2 Å². The molecule has 1 amide bonds. The van der Waals surface area contributed by atoms with Crippen molar-refractivity contribution in [1.82, 2.24) is 14.9 Å². The molecular formula is C23H25N5O. The van der Waals surface area contributed by atoms with E-state index in [1.807, 2.05) is 37.3 Å². The smallest absolute Gasteiger partial charge is 0.258 e. The molecule has 0 spiro atoms. The number of amides is 1. The molecular weight excluding hydrogens is 362 g/mol. The van der Waals surface area contributed by atoms with Gasteiger partial charge in [-0.25, -0.2) is 9.97 Å². The second-order valence-corrected chi connectivity index (χ2v) is 7.34. The highest BCUT2D eigenvalue weighted by atomic mass is 16.1. The molecule has 3 aromatic rings. The third-order valence-corrected chi connectivity index (χ3v) is 5.08. The summed E-state index contributed by atoms with van der Waals surface area (Å²) in [5.41, 5.74) is 3.66. The minimum Gasteiger partial charge on any atom is -0.338 e. The molecule has 29 heavy (non-hydrogen) atoms. The molecule has 2 aromatic carbocycles. The van der Waals surface area contributed by atoms with Crippen molar-refractivity contribution in [3.8, 4) is 0 Å². The molecule has 0 aliphatic carbocycles. The Bertz CT molecular complexity index is 951. The molecule has 1 aliphatic heterocycles. The molecule has 0 atom stereocenters. The van der Waals surface area contributed by atoms with E-state index < -0.39 is 0 Å². The zero-order valence-electron chi connectivity index (χ0n) is 16.6.